The summed E-state index contributed by atoms with van der Waals surface area (Å²) in [6.45, 7) is 1.48. The van der Waals surface area contributed by atoms with Crippen molar-refractivity contribution in [1.29, 1.82) is 0 Å². The van der Waals surface area contributed by atoms with E-state index in [2.05, 4.69) is 15.5 Å². The summed E-state index contributed by atoms with van der Waals surface area (Å²) in [6.07, 6.45) is 2.67. The molecular weight excluding hydrogens is 370 g/mol. The molecule has 2 N–H and O–H groups in total. The number of H-pyrrole nitrogens is 1. The van der Waals surface area contributed by atoms with Crippen molar-refractivity contribution in [2.24, 2.45) is 0 Å². The van der Waals surface area contributed by atoms with Crippen molar-refractivity contribution in [3.63, 3.8) is 0 Å². The van der Waals surface area contributed by atoms with Crippen LogP contribution in [0.3, 0.4) is 0 Å². The molecule has 0 saturated heterocycles. The molecule has 0 aliphatic heterocycles. The zero-order chi connectivity index (χ0) is 20.6. The Morgan fingerprint density at radius 3 is 2.21 bits per heavy atom. The van der Waals surface area contributed by atoms with Crippen LogP contribution in [0.2, 0.25) is 0 Å². The van der Waals surface area contributed by atoms with Crippen molar-refractivity contribution in [3.05, 3.63) is 53.7 Å². The Kier molecular flexibility index (Phi) is 6.97. The van der Waals surface area contributed by atoms with Gasteiger partial charge in [0.2, 0.25) is 0 Å². The molecule has 7 heteroatoms. The molecule has 0 fully saturated rings. The summed E-state index contributed by atoms with van der Waals surface area (Å²) < 4.78 is 21.5. The van der Waals surface area contributed by atoms with E-state index < -0.39 is 0 Å². The maximum atomic E-state index is 5.52. The lowest BCUT2D eigenvalue weighted by Crippen LogP contribution is -2.17. The van der Waals surface area contributed by atoms with E-state index in [1.54, 1.807) is 28.4 Å². The quantitative estimate of drug-likeness (QED) is 0.510. The average Bonchev–Trinajstić information content (AvgIpc) is 3.24. The summed E-state index contributed by atoms with van der Waals surface area (Å²) >= 11 is 0. The Morgan fingerprint density at radius 2 is 1.52 bits per heavy atom. The molecule has 3 rings (SSSR count). The number of nitrogens with zero attached hydrogens (tertiary/aromatic N) is 1. The second kappa shape index (κ2) is 9.84. The molecule has 0 amide bonds. The predicted molar refractivity (Wildman–Crippen MR) is 112 cm³/mol. The van der Waals surface area contributed by atoms with Gasteiger partial charge in [-0.1, -0.05) is 6.07 Å². The van der Waals surface area contributed by atoms with Gasteiger partial charge in [0.15, 0.2) is 0 Å². The third kappa shape index (κ3) is 4.81. The number of benzene rings is 2. The van der Waals surface area contributed by atoms with E-state index in [9.17, 15) is 0 Å². The van der Waals surface area contributed by atoms with Crippen LogP contribution in [-0.2, 0) is 13.0 Å². The smallest absolute Gasteiger partial charge is 0.131 e. The lowest BCUT2D eigenvalue weighted by Gasteiger charge is -2.12. The molecule has 0 atom stereocenters. The number of nitrogens with one attached hydrogen (secondary N) is 2. The fourth-order valence-electron chi connectivity index (χ4n) is 3.19. The first-order chi connectivity index (χ1) is 14.2. The molecule has 7 nitrogen and oxygen atoms in total. The van der Waals surface area contributed by atoms with Gasteiger partial charge in [0.1, 0.15) is 23.0 Å². The second-order valence-electron chi connectivity index (χ2n) is 6.44. The van der Waals surface area contributed by atoms with Gasteiger partial charge in [0.25, 0.3) is 0 Å². The fraction of sp³-hybridized carbons (Fsp3) is 0.318. The normalized spacial score (nSPS) is 10.6. The van der Waals surface area contributed by atoms with Gasteiger partial charge in [-0.3, -0.25) is 5.10 Å². The SMILES string of the molecule is COc1ccc(CCNCc2cn[nH]c2-c2ccc(OC)cc2OC)c(OC)c1. The van der Waals surface area contributed by atoms with Gasteiger partial charge in [-0.05, 0) is 36.7 Å². The van der Waals surface area contributed by atoms with Crippen LogP contribution in [0.1, 0.15) is 11.1 Å². The number of hydrogen-bond acceptors (Lipinski definition) is 6. The van der Waals surface area contributed by atoms with Crippen LogP contribution >= 0.6 is 0 Å². The Labute approximate surface area is 171 Å². The molecule has 1 aromatic heterocycles. The summed E-state index contributed by atoms with van der Waals surface area (Å²) in [7, 11) is 6.61. The van der Waals surface area contributed by atoms with Gasteiger partial charge in [-0.2, -0.15) is 5.10 Å². The molecule has 0 aliphatic carbocycles. The van der Waals surface area contributed by atoms with E-state index in [1.807, 2.05) is 42.6 Å². The van der Waals surface area contributed by atoms with Crippen molar-refractivity contribution in [2.45, 2.75) is 13.0 Å². The minimum Gasteiger partial charge on any atom is -0.497 e. The Bertz CT molecular complexity index is 940. The zero-order valence-electron chi connectivity index (χ0n) is 17.2. The molecular formula is C22H27N3O4. The lowest BCUT2D eigenvalue weighted by molar-refractivity contribution is 0.390. The first-order valence-electron chi connectivity index (χ1n) is 9.36. The maximum absolute atomic E-state index is 5.52. The van der Waals surface area contributed by atoms with Gasteiger partial charge < -0.3 is 24.3 Å². The summed E-state index contributed by atoms with van der Waals surface area (Å²) in [5.41, 5.74) is 4.07. The fourth-order valence-corrected chi connectivity index (χ4v) is 3.19. The van der Waals surface area contributed by atoms with Crippen LogP contribution < -0.4 is 24.3 Å². The number of aromatic nitrogens is 2. The largest absolute Gasteiger partial charge is 0.497 e. The van der Waals surface area contributed by atoms with E-state index in [4.69, 9.17) is 18.9 Å². The van der Waals surface area contributed by atoms with Gasteiger partial charge in [0, 0.05) is 29.8 Å². The topological polar surface area (TPSA) is 77.6 Å². The van der Waals surface area contributed by atoms with Crippen LogP contribution in [0, 0.1) is 0 Å². The number of aromatic amines is 1. The Balaban J connectivity index is 1.65. The third-order valence-corrected chi connectivity index (χ3v) is 4.78. The standard InChI is InChI=1S/C22H27N3O4/c1-26-17-6-5-15(20(11-17)28-3)9-10-23-13-16-14-24-25-22(16)19-8-7-18(27-2)12-21(19)29-4/h5-8,11-12,14,23H,9-10,13H2,1-4H3,(H,24,25). The predicted octanol–water partition coefficient (Wildman–Crippen LogP) is 3.44. The van der Waals surface area contributed by atoms with Crippen molar-refractivity contribution < 1.29 is 18.9 Å². The number of rotatable bonds is 10. The van der Waals surface area contributed by atoms with Crippen LogP contribution in [-0.4, -0.2) is 45.2 Å². The highest BCUT2D eigenvalue weighted by Crippen LogP contribution is 2.33. The minimum absolute atomic E-state index is 0.680. The lowest BCUT2D eigenvalue weighted by atomic mass is 10.1. The Hall–Kier alpha value is -3.19. The molecule has 0 bridgehead atoms. The third-order valence-electron chi connectivity index (χ3n) is 4.78. The van der Waals surface area contributed by atoms with Crippen molar-refractivity contribution >= 4 is 0 Å². The summed E-state index contributed by atoms with van der Waals surface area (Å²) in [5, 5.41) is 10.8. The molecule has 0 radical (unpaired) electrons. The number of methoxy groups -OCH3 is 4. The van der Waals surface area contributed by atoms with Gasteiger partial charge in [-0.15, -0.1) is 0 Å². The molecule has 0 saturated carbocycles. The highest BCUT2D eigenvalue weighted by Gasteiger charge is 2.13. The van der Waals surface area contributed by atoms with Crippen molar-refractivity contribution in [3.8, 4) is 34.3 Å². The van der Waals surface area contributed by atoms with Crippen LogP contribution in [0.15, 0.2) is 42.6 Å². The highest BCUT2D eigenvalue weighted by molar-refractivity contribution is 5.71. The van der Waals surface area contributed by atoms with E-state index in [0.717, 1.165) is 58.3 Å². The molecule has 0 aliphatic rings. The van der Waals surface area contributed by atoms with Gasteiger partial charge in [-0.25, -0.2) is 0 Å². The summed E-state index contributed by atoms with van der Waals surface area (Å²) in [4.78, 5) is 0. The van der Waals surface area contributed by atoms with Crippen molar-refractivity contribution in [1.82, 2.24) is 15.5 Å². The maximum Gasteiger partial charge on any atom is 0.131 e. The minimum atomic E-state index is 0.680. The molecule has 1 heterocycles. The highest BCUT2D eigenvalue weighted by atomic mass is 16.5. The van der Waals surface area contributed by atoms with Crippen LogP contribution in [0.5, 0.6) is 23.0 Å². The van der Waals surface area contributed by atoms with Crippen LogP contribution in [0.4, 0.5) is 0 Å². The molecule has 2 aromatic carbocycles. The molecule has 154 valence electrons. The summed E-state index contributed by atoms with van der Waals surface area (Å²) in [5.74, 6) is 3.10. The Morgan fingerprint density at radius 1 is 0.828 bits per heavy atom. The van der Waals surface area contributed by atoms with E-state index >= 15 is 0 Å². The first-order valence-corrected chi connectivity index (χ1v) is 9.36. The second-order valence-corrected chi connectivity index (χ2v) is 6.44. The van der Waals surface area contributed by atoms with E-state index in [1.165, 1.54) is 0 Å². The molecule has 0 unspecified atom stereocenters. The van der Waals surface area contributed by atoms with E-state index in [-0.39, 0.29) is 0 Å². The van der Waals surface area contributed by atoms with Gasteiger partial charge in [0.05, 0.1) is 40.3 Å². The molecule has 29 heavy (non-hydrogen) atoms. The van der Waals surface area contributed by atoms with Crippen molar-refractivity contribution in [2.75, 3.05) is 35.0 Å². The van der Waals surface area contributed by atoms with E-state index in [0.29, 0.717) is 6.54 Å². The van der Waals surface area contributed by atoms with Crippen LogP contribution in [0.25, 0.3) is 11.3 Å². The summed E-state index contributed by atoms with van der Waals surface area (Å²) in [6, 6.07) is 11.6. The molecule has 3 aromatic rings. The monoisotopic (exact) mass is 397 g/mol. The number of ether oxygens (including phenoxy) is 4. The first kappa shape index (κ1) is 20.5. The molecule has 0 spiro atoms. The van der Waals surface area contributed by atoms with Gasteiger partial charge >= 0.3 is 0 Å². The average molecular weight is 397 g/mol. The zero-order valence-corrected chi connectivity index (χ0v) is 17.2. The number of hydrogen-bond donors (Lipinski definition) is 2.